The van der Waals surface area contributed by atoms with Crippen LogP contribution in [-0.4, -0.2) is 36.9 Å². The Morgan fingerprint density at radius 1 is 1.55 bits per heavy atom. The highest BCUT2D eigenvalue weighted by atomic mass is 16.7. The number of carbonyl (C=O) groups excluding carboxylic acids is 1. The van der Waals surface area contributed by atoms with Gasteiger partial charge in [0.1, 0.15) is 6.79 Å². The number of ether oxygens (including phenoxy) is 2. The Labute approximate surface area is 63.9 Å². The number of ketones is 1. The molecule has 5 heteroatoms. The molecule has 0 heterocycles. The molecule has 0 aromatic rings. The average Bonchev–Trinajstić information content (AvgIpc) is 1.87. The number of carboxylic acids is 1. The van der Waals surface area contributed by atoms with Crippen LogP contribution in [0.3, 0.4) is 0 Å². The molecule has 0 amide bonds. The van der Waals surface area contributed by atoms with Crippen LogP contribution in [0.4, 0.5) is 0 Å². The Morgan fingerprint density at radius 2 is 2.09 bits per heavy atom. The first-order valence-electron chi connectivity index (χ1n) is 2.93. The zero-order valence-electron chi connectivity index (χ0n) is 6.36. The Hall–Kier alpha value is -0.940. The fourth-order valence-corrected chi connectivity index (χ4v) is 0.499. The summed E-state index contributed by atoms with van der Waals surface area (Å²) in [5.41, 5.74) is 0. The first kappa shape index (κ1) is 10.1. The average molecular weight is 162 g/mol. The second-order valence-electron chi connectivity index (χ2n) is 1.90. The molecule has 11 heavy (non-hydrogen) atoms. The molecule has 0 saturated carbocycles. The molecule has 0 aromatic carbocycles. The number of carbonyl (C=O) groups is 2. The summed E-state index contributed by atoms with van der Waals surface area (Å²) in [6.07, 6.45) is -1.41. The van der Waals surface area contributed by atoms with E-state index in [9.17, 15) is 9.59 Å². The summed E-state index contributed by atoms with van der Waals surface area (Å²) in [5.74, 6) is -1.84. The molecule has 0 aliphatic heterocycles. The van der Waals surface area contributed by atoms with Crippen LogP contribution in [0.5, 0.6) is 0 Å². The van der Waals surface area contributed by atoms with Crippen LogP contribution in [0, 0.1) is 0 Å². The van der Waals surface area contributed by atoms with Gasteiger partial charge in [0.15, 0.2) is 5.78 Å². The number of methoxy groups -OCH3 is 1. The highest BCUT2D eigenvalue weighted by Gasteiger charge is 2.22. The molecular formula is C6H10O5. The van der Waals surface area contributed by atoms with Gasteiger partial charge >= 0.3 is 5.97 Å². The lowest BCUT2D eigenvalue weighted by atomic mass is 10.2. The molecule has 0 aliphatic carbocycles. The highest BCUT2D eigenvalue weighted by Crippen LogP contribution is 1.93. The largest absolute Gasteiger partial charge is 0.479 e. The van der Waals surface area contributed by atoms with Crippen LogP contribution in [0.25, 0.3) is 0 Å². The molecule has 0 rings (SSSR count). The van der Waals surface area contributed by atoms with Gasteiger partial charge in [-0.3, -0.25) is 4.79 Å². The Bertz CT molecular complexity index is 139. The lowest BCUT2D eigenvalue weighted by Crippen LogP contribution is -2.31. The van der Waals surface area contributed by atoms with Gasteiger partial charge in [0, 0.05) is 7.11 Å². The van der Waals surface area contributed by atoms with Gasteiger partial charge in [-0.05, 0) is 6.92 Å². The van der Waals surface area contributed by atoms with Crippen molar-refractivity contribution >= 4 is 11.8 Å². The van der Waals surface area contributed by atoms with E-state index < -0.39 is 17.9 Å². The van der Waals surface area contributed by atoms with Crippen molar-refractivity contribution in [2.24, 2.45) is 0 Å². The molecule has 0 saturated heterocycles. The lowest BCUT2D eigenvalue weighted by Gasteiger charge is -2.08. The van der Waals surface area contributed by atoms with Crippen molar-refractivity contribution in [3.8, 4) is 0 Å². The summed E-state index contributed by atoms with van der Waals surface area (Å²) >= 11 is 0. The molecule has 0 aliphatic rings. The topological polar surface area (TPSA) is 72.8 Å². The Morgan fingerprint density at radius 3 is 2.36 bits per heavy atom. The van der Waals surface area contributed by atoms with Crippen LogP contribution in [0.1, 0.15) is 6.92 Å². The monoisotopic (exact) mass is 162 g/mol. The van der Waals surface area contributed by atoms with Gasteiger partial charge in [-0.25, -0.2) is 4.79 Å². The number of aliphatic carboxylic acids is 1. The molecule has 0 aromatic heterocycles. The van der Waals surface area contributed by atoms with Crippen molar-refractivity contribution in [3.05, 3.63) is 0 Å². The first-order valence-corrected chi connectivity index (χ1v) is 2.93. The van der Waals surface area contributed by atoms with Gasteiger partial charge in [0.05, 0.1) is 0 Å². The van der Waals surface area contributed by atoms with Crippen molar-refractivity contribution in [1.82, 2.24) is 0 Å². The third-order valence-corrected chi connectivity index (χ3v) is 0.946. The number of hydrogen-bond donors (Lipinski definition) is 1. The number of carboxylic acid groups (broad SMARTS) is 1. The van der Waals surface area contributed by atoms with Crippen LogP contribution < -0.4 is 0 Å². The van der Waals surface area contributed by atoms with E-state index in [4.69, 9.17) is 5.11 Å². The number of rotatable bonds is 5. The second-order valence-corrected chi connectivity index (χ2v) is 1.90. The van der Waals surface area contributed by atoms with E-state index in [1.165, 1.54) is 7.11 Å². The Kier molecular flexibility index (Phi) is 4.40. The maximum Gasteiger partial charge on any atom is 0.340 e. The van der Waals surface area contributed by atoms with Crippen LogP contribution >= 0.6 is 0 Å². The molecule has 0 bridgehead atoms. The van der Waals surface area contributed by atoms with E-state index in [1.54, 1.807) is 0 Å². The third kappa shape index (κ3) is 3.69. The van der Waals surface area contributed by atoms with Gasteiger partial charge < -0.3 is 14.6 Å². The quantitative estimate of drug-likeness (QED) is 0.441. The van der Waals surface area contributed by atoms with E-state index in [0.29, 0.717) is 0 Å². The summed E-state index contributed by atoms with van der Waals surface area (Å²) in [4.78, 5) is 20.8. The normalized spacial score (nSPS) is 12.5. The number of hydrogen-bond acceptors (Lipinski definition) is 4. The molecule has 0 fully saturated rings. The maximum atomic E-state index is 10.5. The predicted octanol–water partition coefficient (Wildman–Crippen LogP) is -0.351. The zero-order chi connectivity index (χ0) is 8.85. The van der Waals surface area contributed by atoms with Crippen molar-refractivity contribution in [2.75, 3.05) is 13.9 Å². The highest BCUT2D eigenvalue weighted by molar-refractivity contribution is 5.99. The van der Waals surface area contributed by atoms with E-state index in [-0.39, 0.29) is 6.79 Å². The minimum absolute atomic E-state index is 0.198. The van der Waals surface area contributed by atoms with E-state index >= 15 is 0 Å². The van der Waals surface area contributed by atoms with Gasteiger partial charge in [0.25, 0.3) is 0 Å². The SMILES string of the molecule is COCOC(C(C)=O)C(=O)O. The fourth-order valence-electron chi connectivity index (χ4n) is 0.499. The van der Waals surface area contributed by atoms with Crippen molar-refractivity contribution in [1.29, 1.82) is 0 Å². The molecule has 1 N–H and O–H groups in total. The molecule has 1 unspecified atom stereocenters. The molecule has 0 radical (unpaired) electrons. The second kappa shape index (κ2) is 4.81. The zero-order valence-corrected chi connectivity index (χ0v) is 6.36. The van der Waals surface area contributed by atoms with Crippen LogP contribution in [0.15, 0.2) is 0 Å². The fraction of sp³-hybridized carbons (Fsp3) is 0.667. The van der Waals surface area contributed by atoms with Crippen molar-refractivity contribution in [2.45, 2.75) is 13.0 Å². The maximum absolute atomic E-state index is 10.5. The standard InChI is InChI=1S/C6H10O5/c1-4(7)5(6(8)9)11-3-10-2/h5H,3H2,1-2H3,(H,8,9). The summed E-state index contributed by atoms with van der Waals surface area (Å²) < 4.78 is 8.98. The summed E-state index contributed by atoms with van der Waals surface area (Å²) in [5, 5.41) is 8.37. The van der Waals surface area contributed by atoms with E-state index in [0.717, 1.165) is 6.92 Å². The van der Waals surface area contributed by atoms with Crippen molar-refractivity contribution in [3.63, 3.8) is 0 Å². The third-order valence-electron chi connectivity index (χ3n) is 0.946. The summed E-state index contributed by atoms with van der Waals surface area (Å²) in [7, 11) is 1.35. The van der Waals surface area contributed by atoms with Crippen LogP contribution in [-0.2, 0) is 19.1 Å². The molecule has 1 atom stereocenters. The van der Waals surface area contributed by atoms with Gasteiger partial charge in [-0.2, -0.15) is 0 Å². The Balaban J connectivity index is 3.90. The van der Waals surface area contributed by atoms with Gasteiger partial charge in [0.2, 0.25) is 6.10 Å². The molecule has 0 spiro atoms. The minimum Gasteiger partial charge on any atom is -0.479 e. The van der Waals surface area contributed by atoms with Crippen molar-refractivity contribution < 1.29 is 24.2 Å². The lowest BCUT2D eigenvalue weighted by molar-refractivity contribution is -0.163. The number of Topliss-reactive ketones (excluding diaryl/α,β-unsaturated/α-hetero) is 1. The van der Waals surface area contributed by atoms with Gasteiger partial charge in [-0.15, -0.1) is 0 Å². The predicted molar refractivity (Wildman–Crippen MR) is 35.1 cm³/mol. The summed E-state index contributed by atoms with van der Waals surface area (Å²) in [6, 6.07) is 0. The van der Waals surface area contributed by atoms with Crippen LogP contribution in [0.2, 0.25) is 0 Å². The summed E-state index contributed by atoms with van der Waals surface area (Å²) in [6.45, 7) is 0.949. The van der Waals surface area contributed by atoms with Gasteiger partial charge in [-0.1, -0.05) is 0 Å². The van der Waals surface area contributed by atoms with E-state index in [2.05, 4.69) is 9.47 Å². The molecular weight excluding hydrogens is 152 g/mol. The van der Waals surface area contributed by atoms with E-state index in [1.807, 2.05) is 0 Å². The smallest absolute Gasteiger partial charge is 0.340 e. The minimum atomic E-state index is -1.41. The first-order chi connectivity index (χ1) is 5.09. The molecule has 5 nitrogen and oxygen atoms in total. The molecule has 64 valence electrons.